The van der Waals surface area contributed by atoms with Gasteiger partial charge in [0.2, 0.25) is 0 Å². The van der Waals surface area contributed by atoms with Gasteiger partial charge in [0.25, 0.3) is 0 Å². The van der Waals surface area contributed by atoms with Gasteiger partial charge in [-0.05, 0) is 69.0 Å². The highest BCUT2D eigenvalue weighted by molar-refractivity contribution is 5.67. The third-order valence-electron chi connectivity index (χ3n) is 3.73. The minimum Gasteiger partial charge on any atom is -0.344 e. The number of anilines is 2. The molecule has 2 nitrogen and oxygen atoms in total. The van der Waals surface area contributed by atoms with E-state index in [2.05, 4.69) is 76.0 Å². The third-order valence-corrected chi connectivity index (χ3v) is 3.73. The van der Waals surface area contributed by atoms with E-state index in [4.69, 9.17) is 5.73 Å². The van der Waals surface area contributed by atoms with Crippen LogP contribution in [0.1, 0.15) is 29.2 Å². The minimum atomic E-state index is 0.165. The highest BCUT2D eigenvalue weighted by Crippen LogP contribution is 2.30. The van der Waals surface area contributed by atoms with Gasteiger partial charge in [0, 0.05) is 24.5 Å². The summed E-state index contributed by atoms with van der Waals surface area (Å²) in [4.78, 5) is 2.26. The first kappa shape index (κ1) is 15.6. The number of rotatable bonds is 4. The van der Waals surface area contributed by atoms with Crippen molar-refractivity contribution in [3.8, 4) is 0 Å². The van der Waals surface area contributed by atoms with Crippen LogP contribution >= 0.6 is 0 Å². The van der Waals surface area contributed by atoms with Crippen LogP contribution in [0, 0.1) is 20.8 Å². The van der Waals surface area contributed by atoms with Crippen molar-refractivity contribution in [2.45, 2.75) is 40.2 Å². The van der Waals surface area contributed by atoms with Crippen molar-refractivity contribution in [2.75, 3.05) is 11.9 Å². The molecule has 0 radical (unpaired) electrons. The fourth-order valence-electron chi connectivity index (χ4n) is 2.84. The second-order valence-corrected chi connectivity index (χ2v) is 6.22. The zero-order valence-corrected chi connectivity index (χ0v) is 13.8. The van der Waals surface area contributed by atoms with E-state index in [9.17, 15) is 0 Å². The lowest BCUT2D eigenvalue weighted by Crippen LogP contribution is -2.20. The lowest BCUT2D eigenvalue weighted by Gasteiger charge is -2.24. The van der Waals surface area contributed by atoms with Gasteiger partial charge in [-0.15, -0.1) is 0 Å². The SMILES string of the molecule is Cc1cc(C)cc(N(C)c2ccc(C)cc2CC(C)N)c1. The molecule has 0 aliphatic carbocycles. The Morgan fingerprint density at radius 3 is 2.14 bits per heavy atom. The Hall–Kier alpha value is -1.80. The zero-order chi connectivity index (χ0) is 15.6. The van der Waals surface area contributed by atoms with Crippen LogP contribution in [-0.4, -0.2) is 13.1 Å². The summed E-state index contributed by atoms with van der Waals surface area (Å²) in [7, 11) is 2.13. The smallest absolute Gasteiger partial charge is 0.0441 e. The molecular weight excluding hydrogens is 256 g/mol. The van der Waals surface area contributed by atoms with Crippen LogP contribution in [0.25, 0.3) is 0 Å². The molecule has 0 aliphatic heterocycles. The summed E-state index contributed by atoms with van der Waals surface area (Å²) < 4.78 is 0. The number of benzene rings is 2. The number of aryl methyl sites for hydroxylation is 3. The molecule has 0 heterocycles. The van der Waals surface area contributed by atoms with Crippen molar-refractivity contribution in [3.05, 3.63) is 58.7 Å². The second-order valence-electron chi connectivity index (χ2n) is 6.22. The number of nitrogens with zero attached hydrogens (tertiary/aromatic N) is 1. The Morgan fingerprint density at radius 2 is 1.57 bits per heavy atom. The van der Waals surface area contributed by atoms with E-state index in [-0.39, 0.29) is 6.04 Å². The quantitative estimate of drug-likeness (QED) is 0.907. The Morgan fingerprint density at radius 1 is 0.952 bits per heavy atom. The summed E-state index contributed by atoms with van der Waals surface area (Å²) in [6.45, 7) is 8.47. The first-order chi connectivity index (χ1) is 9.86. The molecule has 0 aromatic heterocycles. The van der Waals surface area contributed by atoms with Gasteiger partial charge >= 0.3 is 0 Å². The minimum absolute atomic E-state index is 0.165. The molecule has 112 valence electrons. The molecule has 1 atom stereocenters. The van der Waals surface area contributed by atoms with Crippen LogP contribution in [0.15, 0.2) is 36.4 Å². The maximum atomic E-state index is 6.01. The summed E-state index contributed by atoms with van der Waals surface area (Å²) in [5.41, 5.74) is 13.6. The second kappa shape index (κ2) is 6.31. The fraction of sp³-hybridized carbons (Fsp3) is 0.368. The van der Waals surface area contributed by atoms with Crippen molar-refractivity contribution in [3.63, 3.8) is 0 Å². The van der Waals surface area contributed by atoms with Crippen molar-refractivity contribution < 1.29 is 0 Å². The Balaban J connectivity index is 2.44. The molecule has 2 aromatic rings. The van der Waals surface area contributed by atoms with Gasteiger partial charge in [-0.1, -0.05) is 23.8 Å². The van der Waals surface area contributed by atoms with Crippen molar-refractivity contribution in [1.82, 2.24) is 0 Å². The van der Waals surface area contributed by atoms with Crippen molar-refractivity contribution >= 4 is 11.4 Å². The highest BCUT2D eigenvalue weighted by Gasteiger charge is 2.11. The molecule has 2 heteroatoms. The van der Waals surface area contributed by atoms with Gasteiger partial charge in [0.1, 0.15) is 0 Å². The van der Waals surface area contributed by atoms with Gasteiger partial charge < -0.3 is 10.6 Å². The Labute approximate surface area is 128 Å². The van der Waals surface area contributed by atoms with Gasteiger partial charge in [-0.25, -0.2) is 0 Å². The number of hydrogen-bond acceptors (Lipinski definition) is 2. The van der Waals surface area contributed by atoms with Crippen LogP contribution in [0.2, 0.25) is 0 Å². The predicted octanol–water partition coefficient (Wildman–Crippen LogP) is 4.27. The first-order valence-electron chi connectivity index (χ1n) is 7.54. The summed E-state index contributed by atoms with van der Waals surface area (Å²) in [5.74, 6) is 0. The van der Waals surface area contributed by atoms with Gasteiger partial charge in [-0.3, -0.25) is 0 Å². The molecule has 0 saturated carbocycles. The fourth-order valence-corrected chi connectivity index (χ4v) is 2.84. The predicted molar refractivity (Wildman–Crippen MR) is 92.5 cm³/mol. The molecule has 21 heavy (non-hydrogen) atoms. The van der Waals surface area contributed by atoms with E-state index in [0.29, 0.717) is 0 Å². The van der Waals surface area contributed by atoms with E-state index in [1.165, 1.54) is 33.6 Å². The van der Waals surface area contributed by atoms with Gasteiger partial charge in [0.05, 0.1) is 0 Å². The normalized spacial score (nSPS) is 12.3. The summed E-state index contributed by atoms with van der Waals surface area (Å²) >= 11 is 0. The van der Waals surface area contributed by atoms with Gasteiger partial charge in [0.15, 0.2) is 0 Å². The summed E-state index contributed by atoms with van der Waals surface area (Å²) in [6, 6.07) is 13.4. The molecule has 0 amide bonds. The molecule has 0 aliphatic rings. The standard InChI is InChI=1S/C19H26N2/c1-13-6-7-19(17(9-13)12-16(4)20)21(5)18-10-14(2)8-15(3)11-18/h6-11,16H,12,20H2,1-5H3. The maximum absolute atomic E-state index is 6.01. The molecule has 2 N–H and O–H groups in total. The summed E-state index contributed by atoms with van der Waals surface area (Å²) in [6.07, 6.45) is 0.895. The molecule has 0 saturated heterocycles. The molecule has 2 aromatic carbocycles. The molecule has 0 spiro atoms. The lowest BCUT2D eigenvalue weighted by molar-refractivity contribution is 0.737. The molecule has 2 rings (SSSR count). The third kappa shape index (κ3) is 3.85. The van der Waals surface area contributed by atoms with Crippen molar-refractivity contribution in [2.24, 2.45) is 5.73 Å². The average molecular weight is 282 g/mol. The van der Waals surface area contributed by atoms with Gasteiger partial charge in [-0.2, -0.15) is 0 Å². The largest absolute Gasteiger partial charge is 0.344 e. The monoisotopic (exact) mass is 282 g/mol. The molecule has 0 fully saturated rings. The van der Waals surface area contributed by atoms with Crippen LogP contribution in [-0.2, 0) is 6.42 Å². The van der Waals surface area contributed by atoms with Crippen LogP contribution in [0.5, 0.6) is 0 Å². The first-order valence-corrected chi connectivity index (χ1v) is 7.54. The number of hydrogen-bond donors (Lipinski definition) is 1. The highest BCUT2D eigenvalue weighted by atomic mass is 15.1. The van der Waals surface area contributed by atoms with Crippen LogP contribution < -0.4 is 10.6 Å². The Kier molecular flexibility index (Phi) is 4.69. The van der Waals surface area contributed by atoms with Crippen molar-refractivity contribution in [1.29, 1.82) is 0 Å². The van der Waals surface area contributed by atoms with Crippen LogP contribution in [0.3, 0.4) is 0 Å². The summed E-state index contributed by atoms with van der Waals surface area (Å²) in [5, 5.41) is 0. The molecular formula is C19H26N2. The molecule has 1 unspecified atom stereocenters. The molecule has 0 bridgehead atoms. The van der Waals surface area contributed by atoms with E-state index >= 15 is 0 Å². The zero-order valence-electron chi connectivity index (χ0n) is 13.8. The topological polar surface area (TPSA) is 29.3 Å². The van der Waals surface area contributed by atoms with E-state index in [0.717, 1.165) is 6.42 Å². The maximum Gasteiger partial charge on any atom is 0.0441 e. The van der Waals surface area contributed by atoms with E-state index in [1.807, 2.05) is 0 Å². The Bertz CT molecular complexity index is 609. The van der Waals surface area contributed by atoms with E-state index in [1.54, 1.807) is 0 Å². The number of nitrogens with two attached hydrogens (primary N) is 1. The lowest BCUT2D eigenvalue weighted by atomic mass is 10.0. The average Bonchev–Trinajstić information content (AvgIpc) is 2.36. The van der Waals surface area contributed by atoms with E-state index < -0.39 is 0 Å². The van der Waals surface area contributed by atoms with Crippen LogP contribution in [0.4, 0.5) is 11.4 Å².